The minimum absolute atomic E-state index is 0.200. The Morgan fingerprint density at radius 2 is 0.672 bits per heavy atom. The third-order valence-electron chi connectivity index (χ3n) is 11.7. The molecule has 0 saturated carbocycles. The van der Waals surface area contributed by atoms with Gasteiger partial charge in [0.05, 0.1) is 0 Å². The van der Waals surface area contributed by atoms with E-state index in [1.165, 1.54) is 22.3 Å². The standard InChI is InChI=1S/C59H42N2/c1-59(2)57-41-44(31-39-55(57)56-40-38-52(42-58(56)59)61(49-21-11-5-12-22-49)50-23-13-6-14-24-50)28-33-46-35-34-45(53-25-15-16-26-54(46)53)32-27-43-29-36-51(37-30-43)60(47-17-7-3-8-18-47)48-19-9-4-10-20-48/h3-26,29-31,34-42H,1-2H3. The van der Waals surface area contributed by atoms with Gasteiger partial charge in [0.2, 0.25) is 0 Å². The highest BCUT2D eigenvalue weighted by molar-refractivity contribution is 5.93. The summed E-state index contributed by atoms with van der Waals surface area (Å²) in [5, 5.41) is 2.19. The molecule has 1 aliphatic carbocycles. The van der Waals surface area contributed by atoms with Crippen LogP contribution in [0.1, 0.15) is 47.2 Å². The molecule has 9 aromatic rings. The number of hydrogen-bond donors (Lipinski definition) is 0. The van der Waals surface area contributed by atoms with Gasteiger partial charge in [0, 0.05) is 61.8 Å². The first-order chi connectivity index (χ1) is 30.0. The van der Waals surface area contributed by atoms with E-state index in [-0.39, 0.29) is 5.41 Å². The van der Waals surface area contributed by atoms with Crippen LogP contribution in [0.15, 0.2) is 218 Å². The van der Waals surface area contributed by atoms with Crippen molar-refractivity contribution in [2.75, 3.05) is 9.80 Å². The molecule has 0 N–H and O–H groups in total. The van der Waals surface area contributed by atoms with Gasteiger partial charge in [-0.3, -0.25) is 0 Å². The molecule has 0 fully saturated rings. The number of nitrogens with zero attached hydrogens (tertiary/aromatic N) is 2. The maximum Gasteiger partial charge on any atom is 0.0465 e. The van der Waals surface area contributed by atoms with E-state index in [9.17, 15) is 0 Å². The molecule has 0 aromatic heterocycles. The van der Waals surface area contributed by atoms with Crippen LogP contribution in [0.25, 0.3) is 21.9 Å². The van der Waals surface area contributed by atoms with E-state index in [0.29, 0.717) is 0 Å². The molecule has 0 heterocycles. The van der Waals surface area contributed by atoms with Crippen molar-refractivity contribution >= 4 is 44.9 Å². The molecule has 2 nitrogen and oxygen atoms in total. The molecule has 10 rings (SSSR count). The summed E-state index contributed by atoms with van der Waals surface area (Å²) >= 11 is 0. The molecule has 288 valence electrons. The highest BCUT2D eigenvalue weighted by Gasteiger charge is 2.36. The van der Waals surface area contributed by atoms with E-state index in [0.717, 1.165) is 67.2 Å². The van der Waals surface area contributed by atoms with Crippen LogP contribution in [-0.2, 0) is 5.41 Å². The van der Waals surface area contributed by atoms with Gasteiger partial charge < -0.3 is 9.80 Å². The van der Waals surface area contributed by atoms with Crippen molar-refractivity contribution in [3.8, 4) is 34.8 Å². The first-order valence-electron chi connectivity index (χ1n) is 20.8. The SMILES string of the molecule is CC1(C)c2cc(C#Cc3ccc(C#Cc4ccc(N(c5ccccc5)c5ccccc5)cc4)c4ccccc34)ccc2-c2ccc(N(c3ccccc3)c3ccccc3)cc21. The molecular formula is C59H42N2. The lowest BCUT2D eigenvalue weighted by Crippen LogP contribution is -2.16. The van der Waals surface area contributed by atoms with Gasteiger partial charge in [-0.1, -0.05) is 147 Å². The monoisotopic (exact) mass is 778 g/mol. The molecule has 0 saturated heterocycles. The van der Waals surface area contributed by atoms with E-state index >= 15 is 0 Å². The van der Waals surface area contributed by atoms with Gasteiger partial charge in [0.1, 0.15) is 0 Å². The van der Waals surface area contributed by atoms with Gasteiger partial charge in [-0.15, -0.1) is 0 Å². The third-order valence-corrected chi connectivity index (χ3v) is 11.7. The average molecular weight is 779 g/mol. The van der Waals surface area contributed by atoms with Crippen molar-refractivity contribution in [1.82, 2.24) is 0 Å². The van der Waals surface area contributed by atoms with Crippen molar-refractivity contribution in [1.29, 1.82) is 0 Å². The smallest absolute Gasteiger partial charge is 0.0465 e. The van der Waals surface area contributed by atoms with Crippen LogP contribution in [-0.4, -0.2) is 0 Å². The molecule has 61 heavy (non-hydrogen) atoms. The maximum absolute atomic E-state index is 3.54. The quantitative estimate of drug-likeness (QED) is 0.155. The van der Waals surface area contributed by atoms with E-state index in [2.05, 4.69) is 254 Å². The summed E-state index contributed by atoms with van der Waals surface area (Å²) < 4.78 is 0. The number of para-hydroxylation sites is 4. The van der Waals surface area contributed by atoms with Gasteiger partial charge in [0.15, 0.2) is 0 Å². The Hall–Kier alpha value is -8.04. The van der Waals surface area contributed by atoms with Crippen LogP contribution >= 0.6 is 0 Å². The van der Waals surface area contributed by atoms with Gasteiger partial charge in [0.25, 0.3) is 0 Å². The Bertz CT molecular complexity index is 3070. The largest absolute Gasteiger partial charge is 0.311 e. The van der Waals surface area contributed by atoms with Crippen molar-refractivity contribution < 1.29 is 0 Å². The first-order valence-corrected chi connectivity index (χ1v) is 20.8. The molecule has 0 amide bonds. The van der Waals surface area contributed by atoms with Crippen molar-refractivity contribution in [3.63, 3.8) is 0 Å². The maximum atomic E-state index is 3.54. The highest BCUT2D eigenvalue weighted by atomic mass is 15.1. The van der Waals surface area contributed by atoms with E-state index in [1.807, 2.05) is 12.1 Å². The molecule has 0 radical (unpaired) electrons. The summed E-state index contributed by atoms with van der Waals surface area (Å²) in [4.78, 5) is 4.59. The van der Waals surface area contributed by atoms with Gasteiger partial charge in [-0.2, -0.15) is 0 Å². The fraction of sp³-hybridized carbons (Fsp3) is 0.0508. The Kier molecular flexibility index (Phi) is 9.74. The van der Waals surface area contributed by atoms with Crippen LogP contribution in [0.3, 0.4) is 0 Å². The van der Waals surface area contributed by atoms with Crippen LogP contribution in [0.4, 0.5) is 34.1 Å². The fourth-order valence-electron chi connectivity index (χ4n) is 8.63. The highest BCUT2D eigenvalue weighted by Crippen LogP contribution is 2.51. The normalized spacial score (nSPS) is 12.0. The molecule has 1 aliphatic rings. The summed E-state index contributed by atoms with van der Waals surface area (Å²) in [6, 6.07) is 76.9. The molecule has 0 aliphatic heterocycles. The summed E-state index contributed by atoms with van der Waals surface area (Å²) in [7, 11) is 0. The average Bonchev–Trinajstić information content (AvgIpc) is 3.54. The predicted octanol–water partition coefficient (Wildman–Crippen LogP) is 14.9. The number of anilines is 6. The predicted molar refractivity (Wildman–Crippen MR) is 256 cm³/mol. The summed E-state index contributed by atoms with van der Waals surface area (Å²) in [6.07, 6.45) is 0. The zero-order valence-electron chi connectivity index (χ0n) is 34.2. The Labute approximate surface area is 359 Å². The number of fused-ring (bicyclic) bond motifs is 4. The second-order valence-corrected chi connectivity index (χ2v) is 15.9. The fourth-order valence-corrected chi connectivity index (χ4v) is 8.63. The second-order valence-electron chi connectivity index (χ2n) is 15.9. The summed E-state index contributed by atoms with van der Waals surface area (Å²) in [6.45, 7) is 4.67. The van der Waals surface area contributed by atoms with Crippen LogP contribution in [0.2, 0.25) is 0 Å². The molecule has 0 bridgehead atoms. The zero-order chi connectivity index (χ0) is 41.2. The van der Waals surface area contributed by atoms with E-state index in [4.69, 9.17) is 0 Å². The molecule has 0 unspecified atom stereocenters. The van der Waals surface area contributed by atoms with Gasteiger partial charge in [-0.25, -0.2) is 0 Å². The van der Waals surface area contributed by atoms with E-state index in [1.54, 1.807) is 0 Å². The van der Waals surface area contributed by atoms with Gasteiger partial charge >= 0.3 is 0 Å². The Balaban J connectivity index is 0.923. The van der Waals surface area contributed by atoms with Crippen molar-refractivity contribution in [2.24, 2.45) is 0 Å². The summed E-state index contributed by atoms with van der Waals surface area (Å²) in [5.74, 6) is 14.0. The zero-order valence-corrected chi connectivity index (χ0v) is 34.2. The number of rotatable bonds is 6. The topological polar surface area (TPSA) is 6.48 Å². The first kappa shape index (κ1) is 37.2. The summed E-state index contributed by atoms with van der Waals surface area (Å²) in [5.41, 5.74) is 15.6. The Morgan fingerprint density at radius 1 is 0.311 bits per heavy atom. The van der Waals surface area contributed by atoms with Crippen molar-refractivity contribution in [2.45, 2.75) is 19.3 Å². The second kappa shape index (κ2) is 16.0. The minimum atomic E-state index is -0.200. The molecule has 0 spiro atoms. The Morgan fingerprint density at radius 3 is 1.16 bits per heavy atom. The molecule has 2 heteroatoms. The van der Waals surface area contributed by atoms with Crippen LogP contribution < -0.4 is 9.80 Å². The third kappa shape index (κ3) is 7.23. The molecular weight excluding hydrogens is 737 g/mol. The number of benzene rings is 9. The number of hydrogen-bond acceptors (Lipinski definition) is 2. The lowest BCUT2D eigenvalue weighted by molar-refractivity contribution is 0.660. The lowest BCUT2D eigenvalue weighted by atomic mass is 9.82. The lowest BCUT2D eigenvalue weighted by Gasteiger charge is -2.28. The van der Waals surface area contributed by atoms with E-state index < -0.39 is 0 Å². The van der Waals surface area contributed by atoms with Gasteiger partial charge in [-0.05, 0) is 142 Å². The molecule has 9 aromatic carbocycles. The van der Waals surface area contributed by atoms with Crippen LogP contribution in [0.5, 0.6) is 0 Å². The van der Waals surface area contributed by atoms with Crippen LogP contribution in [0, 0.1) is 23.7 Å². The van der Waals surface area contributed by atoms with Crippen molar-refractivity contribution in [3.05, 3.63) is 252 Å². The minimum Gasteiger partial charge on any atom is -0.311 e. The molecule has 0 atom stereocenters.